The molecule has 1 heterocycles. The van der Waals surface area contributed by atoms with E-state index < -0.39 is 0 Å². The zero-order valence-corrected chi connectivity index (χ0v) is 13.4. The first kappa shape index (κ1) is 14.9. The number of hydrogen-bond donors (Lipinski definition) is 0. The van der Waals surface area contributed by atoms with Gasteiger partial charge in [0.1, 0.15) is 0 Å². The number of amides is 1. The average Bonchev–Trinajstić information content (AvgIpc) is 2.56. The standard InChI is InChI=1S/C18H24ClNO/c19-14-15-4-6-16(7-5-15)17(21)20-12-10-18(11-13-20)8-2-1-3-9-18/h4-7H,1-3,8-14H2. The first-order valence-corrected chi connectivity index (χ1v) is 8.70. The van der Waals surface area contributed by atoms with Gasteiger partial charge in [-0.05, 0) is 48.8 Å². The van der Waals surface area contributed by atoms with Crippen molar-refractivity contribution in [3.05, 3.63) is 35.4 Å². The molecular weight excluding hydrogens is 282 g/mol. The monoisotopic (exact) mass is 305 g/mol. The highest BCUT2D eigenvalue weighted by molar-refractivity contribution is 6.17. The van der Waals surface area contributed by atoms with Crippen LogP contribution in [0.2, 0.25) is 0 Å². The van der Waals surface area contributed by atoms with Crippen LogP contribution in [-0.2, 0) is 5.88 Å². The first-order chi connectivity index (χ1) is 10.2. The fraction of sp³-hybridized carbons (Fsp3) is 0.611. The number of benzene rings is 1. The molecular formula is C18H24ClNO. The fourth-order valence-electron chi connectivity index (χ4n) is 3.90. The SMILES string of the molecule is O=C(c1ccc(CCl)cc1)N1CCC2(CCCCC2)CC1. The summed E-state index contributed by atoms with van der Waals surface area (Å²) < 4.78 is 0. The molecule has 1 amide bonds. The van der Waals surface area contributed by atoms with Gasteiger partial charge in [-0.2, -0.15) is 0 Å². The Bertz CT molecular complexity index is 480. The number of alkyl halides is 1. The molecule has 0 radical (unpaired) electrons. The van der Waals surface area contributed by atoms with Crippen LogP contribution < -0.4 is 0 Å². The Morgan fingerprint density at radius 2 is 1.62 bits per heavy atom. The molecule has 1 saturated heterocycles. The minimum absolute atomic E-state index is 0.182. The second-order valence-corrected chi connectivity index (χ2v) is 6.95. The summed E-state index contributed by atoms with van der Waals surface area (Å²) in [6.45, 7) is 1.85. The van der Waals surface area contributed by atoms with E-state index in [1.165, 1.54) is 44.9 Å². The Hall–Kier alpha value is -1.02. The second kappa shape index (κ2) is 6.39. The lowest BCUT2D eigenvalue weighted by Gasteiger charge is -2.44. The van der Waals surface area contributed by atoms with E-state index in [1.54, 1.807) is 0 Å². The predicted molar refractivity (Wildman–Crippen MR) is 86.7 cm³/mol. The van der Waals surface area contributed by atoms with E-state index in [1.807, 2.05) is 29.2 Å². The summed E-state index contributed by atoms with van der Waals surface area (Å²) in [6, 6.07) is 7.72. The highest BCUT2D eigenvalue weighted by Crippen LogP contribution is 2.44. The van der Waals surface area contributed by atoms with Gasteiger partial charge in [0.15, 0.2) is 0 Å². The third-order valence-electron chi connectivity index (χ3n) is 5.38. The van der Waals surface area contributed by atoms with Crippen LogP contribution in [0.4, 0.5) is 0 Å². The molecule has 2 nitrogen and oxygen atoms in total. The van der Waals surface area contributed by atoms with E-state index in [4.69, 9.17) is 11.6 Å². The van der Waals surface area contributed by atoms with Crippen molar-refractivity contribution in [2.24, 2.45) is 5.41 Å². The van der Waals surface area contributed by atoms with Gasteiger partial charge in [-0.3, -0.25) is 4.79 Å². The molecule has 21 heavy (non-hydrogen) atoms. The van der Waals surface area contributed by atoms with Crippen molar-refractivity contribution in [2.75, 3.05) is 13.1 Å². The Balaban J connectivity index is 1.61. The molecule has 1 aliphatic carbocycles. The molecule has 1 spiro atoms. The largest absolute Gasteiger partial charge is 0.339 e. The van der Waals surface area contributed by atoms with E-state index in [9.17, 15) is 4.79 Å². The van der Waals surface area contributed by atoms with Gasteiger partial charge < -0.3 is 4.90 Å². The zero-order valence-electron chi connectivity index (χ0n) is 12.6. The molecule has 2 aliphatic rings. The van der Waals surface area contributed by atoms with Crippen LogP contribution in [0.3, 0.4) is 0 Å². The molecule has 1 saturated carbocycles. The maximum atomic E-state index is 12.6. The Morgan fingerprint density at radius 1 is 1.00 bits per heavy atom. The van der Waals surface area contributed by atoms with Gasteiger partial charge >= 0.3 is 0 Å². The zero-order chi connectivity index (χ0) is 14.7. The van der Waals surface area contributed by atoms with Gasteiger partial charge in [0.05, 0.1) is 0 Å². The second-order valence-electron chi connectivity index (χ2n) is 6.68. The summed E-state index contributed by atoms with van der Waals surface area (Å²) >= 11 is 5.79. The molecule has 0 unspecified atom stereocenters. The lowest BCUT2D eigenvalue weighted by atomic mass is 9.68. The normalized spacial score (nSPS) is 21.5. The maximum absolute atomic E-state index is 12.6. The number of carbonyl (C=O) groups excluding carboxylic acids is 1. The van der Waals surface area contributed by atoms with Crippen LogP contribution in [-0.4, -0.2) is 23.9 Å². The van der Waals surface area contributed by atoms with E-state index in [0.717, 1.165) is 24.2 Å². The molecule has 0 N–H and O–H groups in total. The van der Waals surface area contributed by atoms with E-state index in [0.29, 0.717) is 11.3 Å². The van der Waals surface area contributed by atoms with Crippen LogP contribution in [0, 0.1) is 5.41 Å². The number of piperidine rings is 1. The Labute approximate surface area is 132 Å². The van der Waals surface area contributed by atoms with Crippen LogP contribution in [0.5, 0.6) is 0 Å². The van der Waals surface area contributed by atoms with Crippen molar-refractivity contribution in [2.45, 2.75) is 50.8 Å². The molecule has 2 fully saturated rings. The Morgan fingerprint density at radius 3 is 2.19 bits per heavy atom. The van der Waals surface area contributed by atoms with Gasteiger partial charge in [0.25, 0.3) is 5.91 Å². The van der Waals surface area contributed by atoms with E-state index in [2.05, 4.69) is 0 Å². The van der Waals surface area contributed by atoms with Gasteiger partial charge in [-0.1, -0.05) is 31.4 Å². The van der Waals surface area contributed by atoms with Crippen molar-refractivity contribution in [1.29, 1.82) is 0 Å². The number of carbonyl (C=O) groups is 1. The van der Waals surface area contributed by atoms with Crippen LogP contribution >= 0.6 is 11.6 Å². The van der Waals surface area contributed by atoms with Crippen molar-refractivity contribution in [3.8, 4) is 0 Å². The third-order valence-corrected chi connectivity index (χ3v) is 5.69. The molecule has 1 aromatic carbocycles. The molecule has 114 valence electrons. The Kier molecular flexibility index (Phi) is 4.54. The summed E-state index contributed by atoms with van der Waals surface area (Å²) in [5.41, 5.74) is 2.41. The molecule has 0 aromatic heterocycles. The van der Waals surface area contributed by atoms with Crippen LogP contribution in [0.25, 0.3) is 0 Å². The number of rotatable bonds is 2. The lowest BCUT2D eigenvalue weighted by molar-refractivity contribution is 0.0472. The number of hydrogen-bond acceptors (Lipinski definition) is 1. The highest BCUT2D eigenvalue weighted by atomic mass is 35.5. The minimum atomic E-state index is 0.182. The van der Waals surface area contributed by atoms with E-state index >= 15 is 0 Å². The van der Waals surface area contributed by atoms with Gasteiger partial charge in [-0.25, -0.2) is 0 Å². The third kappa shape index (κ3) is 3.26. The van der Waals surface area contributed by atoms with Crippen molar-refractivity contribution in [1.82, 2.24) is 4.90 Å². The van der Waals surface area contributed by atoms with Crippen molar-refractivity contribution in [3.63, 3.8) is 0 Å². The van der Waals surface area contributed by atoms with E-state index in [-0.39, 0.29) is 5.91 Å². The molecule has 1 aliphatic heterocycles. The van der Waals surface area contributed by atoms with Crippen molar-refractivity contribution < 1.29 is 4.79 Å². The maximum Gasteiger partial charge on any atom is 0.253 e. The first-order valence-electron chi connectivity index (χ1n) is 8.17. The molecule has 0 atom stereocenters. The fourth-order valence-corrected chi connectivity index (χ4v) is 4.08. The number of nitrogens with zero attached hydrogens (tertiary/aromatic N) is 1. The highest BCUT2D eigenvalue weighted by Gasteiger charge is 2.36. The summed E-state index contributed by atoms with van der Waals surface area (Å²) in [5.74, 6) is 0.683. The lowest BCUT2D eigenvalue weighted by Crippen LogP contribution is -2.43. The summed E-state index contributed by atoms with van der Waals surface area (Å²) in [4.78, 5) is 14.6. The summed E-state index contributed by atoms with van der Waals surface area (Å²) in [7, 11) is 0. The molecule has 3 rings (SSSR count). The number of likely N-dealkylation sites (tertiary alicyclic amines) is 1. The minimum Gasteiger partial charge on any atom is -0.339 e. The van der Waals surface area contributed by atoms with Crippen molar-refractivity contribution >= 4 is 17.5 Å². The quantitative estimate of drug-likeness (QED) is 0.731. The predicted octanol–water partition coefficient (Wildman–Crippen LogP) is 4.61. The van der Waals surface area contributed by atoms with Gasteiger partial charge in [-0.15, -0.1) is 11.6 Å². The summed E-state index contributed by atoms with van der Waals surface area (Å²) in [5, 5.41) is 0. The van der Waals surface area contributed by atoms with Gasteiger partial charge in [0, 0.05) is 24.5 Å². The molecule has 0 bridgehead atoms. The average molecular weight is 306 g/mol. The van der Waals surface area contributed by atoms with Crippen LogP contribution in [0.1, 0.15) is 60.9 Å². The van der Waals surface area contributed by atoms with Gasteiger partial charge in [0.2, 0.25) is 0 Å². The summed E-state index contributed by atoms with van der Waals surface area (Å²) in [6.07, 6.45) is 9.30. The topological polar surface area (TPSA) is 20.3 Å². The molecule has 1 aromatic rings. The molecule has 3 heteroatoms. The number of halogens is 1. The smallest absolute Gasteiger partial charge is 0.253 e. The van der Waals surface area contributed by atoms with Crippen LogP contribution in [0.15, 0.2) is 24.3 Å².